The zero-order valence-corrected chi connectivity index (χ0v) is 17.6. The van der Waals surface area contributed by atoms with Crippen molar-refractivity contribution in [2.75, 3.05) is 36.4 Å². The maximum Gasteiger partial charge on any atom is 0.321 e. The first-order chi connectivity index (χ1) is 14.3. The summed E-state index contributed by atoms with van der Waals surface area (Å²) in [5, 5.41) is 3.54. The Morgan fingerprint density at radius 2 is 1.67 bits per heavy atom. The molecule has 0 aliphatic carbocycles. The number of hydrogen-bond acceptors (Lipinski definition) is 4. The van der Waals surface area contributed by atoms with Crippen LogP contribution in [-0.2, 0) is 0 Å². The number of halogens is 1. The predicted molar refractivity (Wildman–Crippen MR) is 116 cm³/mol. The molecule has 1 saturated heterocycles. The number of carbonyl (C=O) groups is 3. The number of nitrogens with one attached hydrogen (secondary N) is 1. The topological polar surface area (TPSA) is 73.0 Å². The summed E-state index contributed by atoms with van der Waals surface area (Å²) < 4.78 is 0. The number of nitrogens with zero attached hydrogens (tertiary/aromatic N) is 3. The lowest BCUT2D eigenvalue weighted by Crippen LogP contribution is -2.50. The second kappa shape index (κ2) is 7.99. The zero-order chi connectivity index (χ0) is 21.4. The van der Waals surface area contributed by atoms with E-state index in [1.54, 1.807) is 36.9 Å². The van der Waals surface area contributed by atoms with E-state index in [0.29, 0.717) is 48.0 Å². The number of carbonyl (C=O) groups excluding carboxylic acids is 3. The number of benzene rings is 2. The van der Waals surface area contributed by atoms with Gasteiger partial charge in [-0.2, -0.15) is 0 Å². The molecule has 2 aromatic rings. The van der Waals surface area contributed by atoms with Crippen LogP contribution in [0, 0.1) is 0 Å². The van der Waals surface area contributed by atoms with E-state index in [1.165, 1.54) is 4.90 Å². The molecule has 30 heavy (non-hydrogen) atoms. The third kappa shape index (κ3) is 3.73. The van der Waals surface area contributed by atoms with Crippen LogP contribution in [0.3, 0.4) is 0 Å². The molecule has 0 unspecified atom stereocenters. The van der Waals surface area contributed by atoms with E-state index in [-0.39, 0.29) is 23.9 Å². The van der Waals surface area contributed by atoms with E-state index >= 15 is 0 Å². The summed E-state index contributed by atoms with van der Waals surface area (Å²) in [5.74, 6) is -0.615. The van der Waals surface area contributed by atoms with Crippen molar-refractivity contribution in [1.82, 2.24) is 9.80 Å². The van der Waals surface area contributed by atoms with E-state index in [4.69, 9.17) is 11.6 Å². The smallest absolute Gasteiger partial charge is 0.321 e. The van der Waals surface area contributed by atoms with Crippen molar-refractivity contribution in [3.05, 3.63) is 58.6 Å². The molecule has 0 radical (unpaired) electrons. The van der Waals surface area contributed by atoms with Crippen LogP contribution in [0.5, 0.6) is 0 Å². The molecule has 0 aromatic heterocycles. The van der Waals surface area contributed by atoms with E-state index in [1.807, 2.05) is 24.3 Å². The Kier molecular flexibility index (Phi) is 5.39. The van der Waals surface area contributed by atoms with Crippen molar-refractivity contribution in [1.29, 1.82) is 0 Å². The summed E-state index contributed by atoms with van der Waals surface area (Å²) in [5.41, 5.74) is 2.25. The van der Waals surface area contributed by atoms with Gasteiger partial charge in [-0.15, -0.1) is 0 Å². The van der Waals surface area contributed by atoms with Crippen LogP contribution < -0.4 is 10.2 Å². The molecule has 4 amide bonds. The normalized spacial score (nSPS) is 16.3. The standard InChI is InChI=1S/C22H23ClN4O3/c1-14(2)27-20(28)18-7-6-16(13-19(18)21(27)29)24-22(30)26-10-8-25(9-11-26)17-5-3-4-15(23)12-17/h3-7,12-14H,8-11H2,1-2H3,(H,24,30). The lowest BCUT2D eigenvalue weighted by molar-refractivity contribution is 0.0609. The van der Waals surface area contributed by atoms with Crippen LogP contribution in [0.1, 0.15) is 34.6 Å². The fourth-order valence-electron chi connectivity index (χ4n) is 3.85. The van der Waals surface area contributed by atoms with Crippen molar-refractivity contribution in [3.63, 3.8) is 0 Å². The van der Waals surface area contributed by atoms with Gasteiger partial charge in [0.15, 0.2) is 0 Å². The van der Waals surface area contributed by atoms with Crippen LogP contribution >= 0.6 is 11.6 Å². The van der Waals surface area contributed by atoms with Crippen LogP contribution in [0.25, 0.3) is 0 Å². The van der Waals surface area contributed by atoms with Gasteiger partial charge in [0.05, 0.1) is 11.1 Å². The van der Waals surface area contributed by atoms with Gasteiger partial charge in [0, 0.05) is 48.6 Å². The molecular formula is C22H23ClN4O3. The Morgan fingerprint density at radius 3 is 2.33 bits per heavy atom. The number of rotatable bonds is 3. The largest absolute Gasteiger partial charge is 0.368 e. The molecule has 7 nitrogen and oxygen atoms in total. The van der Waals surface area contributed by atoms with Crippen molar-refractivity contribution in [2.24, 2.45) is 0 Å². The maximum absolute atomic E-state index is 12.7. The predicted octanol–water partition coefficient (Wildman–Crippen LogP) is 3.70. The summed E-state index contributed by atoms with van der Waals surface area (Å²) in [4.78, 5) is 42.8. The number of amides is 4. The van der Waals surface area contributed by atoms with E-state index in [2.05, 4.69) is 10.2 Å². The number of hydrogen-bond donors (Lipinski definition) is 1. The van der Waals surface area contributed by atoms with Crippen molar-refractivity contribution in [3.8, 4) is 0 Å². The van der Waals surface area contributed by atoms with Gasteiger partial charge in [-0.3, -0.25) is 14.5 Å². The van der Waals surface area contributed by atoms with Crippen LogP contribution in [0.2, 0.25) is 5.02 Å². The van der Waals surface area contributed by atoms with E-state index in [0.717, 1.165) is 5.69 Å². The second-order valence-corrected chi connectivity index (χ2v) is 8.15. The quantitative estimate of drug-likeness (QED) is 0.759. The molecule has 1 N–H and O–H groups in total. The van der Waals surface area contributed by atoms with E-state index < -0.39 is 0 Å². The zero-order valence-electron chi connectivity index (χ0n) is 16.9. The van der Waals surface area contributed by atoms with Gasteiger partial charge < -0.3 is 15.1 Å². The number of fused-ring (bicyclic) bond motifs is 1. The van der Waals surface area contributed by atoms with Crippen molar-refractivity contribution < 1.29 is 14.4 Å². The van der Waals surface area contributed by atoms with Crippen LogP contribution in [0.15, 0.2) is 42.5 Å². The molecule has 2 heterocycles. The lowest BCUT2D eigenvalue weighted by atomic mass is 10.1. The monoisotopic (exact) mass is 426 g/mol. The molecule has 0 atom stereocenters. The molecule has 2 aromatic carbocycles. The SMILES string of the molecule is CC(C)N1C(=O)c2ccc(NC(=O)N3CCN(c4cccc(Cl)c4)CC3)cc2C1=O. The number of anilines is 2. The highest BCUT2D eigenvalue weighted by atomic mass is 35.5. The summed E-state index contributed by atoms with van der Waals surface area (Å²) in [6, 6.07) is 12.1. The average Bonchev–Trinajstić information content (AvgIpc) is 2.98. The summed E-state index contributed by atoms with van der Waals surface area (Å²) in [6.07, 6.45) is 0. The minimum Gasteiger partial charge on any atom is -0.368 e. The highest BCUT2D eigenvalue weighted by molar-refractivity contribution is 6.30. The average molecular weight is 427 g/mol. The molecule has 8 heteroatoms. The van der Waals surface area contributed by atoms with Gasteiger partial charge in [0.1, 0.15) is 0 Å². The Labute approximate surface area is 180 Å². The molecule has 0 saturated carbocycles. The Morgan fingerprint density at radius 1 is 0.967 bits per heavy atom. The number of urea groups is 1. The lowest BCUT2D eigenvalue weighted by Gasteiger charge is -2.36. The first-order valence-corrected chi connectivity index (χ1v) is 10.3. The molecule has 0 bridgehead atoms. The molecular weight excluding hydrogens is 404 g/mol. The molecule has 0 spiro atoms. The van der Waals surface area contributed by atoms with Crippen molar-refractivity contribution in [2.45, 2.75) is 19.9 Å². The fraction of sp³-hybridized carbons (Fsp3) is 0.318. The summed E-state index contributed by atoms with van der Waals surface area (Å²) in [7, 11) is 0. The van der Waals surface area contributed by atoms with Gasteiger partial charge >= 0.3 is 6.03 Å². The highest BCUT2D eigenvalue weighted by Crippen LogP contribution is 2.27. The highest BCUT2D eigenvalue weighted by Gasteiger charge is 2.37. The summed E-state index contributed by atoms with van der Waals surface area (Å²) >= 11 is 6.07. The maximum atomic E-state index is 12.7. The molecule has 1 fully saturated rings. The van der Waals surface area contributed by atoms with Gasteiger partial charge in [0.25, 0.3) is 11.8 Å². The van der Waals surface area contributed by atoms with Crippen LogP contribution in [0.4, 0.5) is 16.2 Å². The van der Waals surface area contributed by atoms with Gasteiger partial charge in [-0.1, -0.05) is 17.7 Å². The summed E-state index contributed by atoms with van der Waals surface area (Å²) in [6.45, 7) is 6.15. The fourth-order valence-corrected chi connectivity index (χ4v) is 4.03. The third-order valence-corrected chi connectivity index (χ3v) is 5.66. The van der Waals surface area contributed by atoms with Gasteiger partial charge in [0.2, 0.25) is 0 Å². The first-order valence-electron chi connectivity index (χ1n) is 9.93. The van der Waals surface area contributed by atoms with Gasteiger partial charge in [-0.05, 0) is 50.2 Å². The molecule has 2 aliphatic rings. The number of imide groups is 1. The second-order valence-electron chi connectivity index (χ2n) is 7.72. The first kappa shape index (κ1) is 20.2. The van der Waals surface area contributed by atoms with Crippen molar-refractivity contribution >= 4 is 40.8 Å². The van der Waals surface area contributed by atoms with Gasteiger partial charge in [-0.25, -0.2) is 4.79 Å². The Bertz CT molecular complexity index is 1020. The van der Waals surface area contributed by atoms with Crippen LogP contribution in [-0.4, -0.2) is 59.9 Å². The molecule has 2 aliphatic heterocycles. The van der Waals surface area contributed by atoms with E-state index in [9.17, 15) is 14.4 Å². The molecule has 4 rings (SSSR count). The third-order valence-electron chi connectivity index (χ3n) is 5.43. The Hall–Kier alpha value is -3.06. The minimum atomic E-state index is -0.323. The minimum absolute atomic E-state index is 0.216. The Balaban J connectivity index is 1.40. The number of piperazine rings is 1. The molecule has 156 valence electrons.